The third-order valence-electron chi connectivity index (χ3n) is 7.12. The molecule has 6 rings (SSSR count). The number of rotatable bonds is 1. The lowest BCUT2D eigenvalue weighted by Crippen LogP contribution is -2.72. The highest BCUT2D eigenvalue weighted by molar-refractivity contribution is 6.30. The summed E-state index contributed by atoms with van der Waals surface area (Å²) in [4.78, 5) is 43.8. The molecule has 1 spiro atoms. The fourth-order valence-corrected chi connectivity index (χ4v) is 5.63. The summed E-state index contributed by atoms with van der Waals surface area (Å²) in [5.41, 5.74) is 1.03. The SMILES string of the molecule is O=C1NC(=O)[C@@]2(Cc3ccccc3N3CCCCC[C@@H]32)C(=O)N1c1ccc2c(c1)OCO2. The number of fused-ring (bicyclic) bond motifs is 5. The first-order valence-electron chi connectivity index (χ1n) is 11.0. The second kappa shape index (κ2) is 6.98. The van der Waals surface area contributed by atoms with E-state index in [0.717, 1.165) is 48.4 Å². The van der Waals surface area contributed by atoms with Crippen molar-refractivity contribution < 1.29 is 23.9 Å². The second-order valence-electron chi connectivity index (χ2n) is 8.77. The van der Waals surface area contributed by atoms with Gasteiger partial charge in [0.05, 0.1) is 11.7 Å². The van der Waals surface area contributed by atoms with Crippen LogP contribution in [0.2, 0.25) is 0 Å². The fraction of sp³-hybridized carbons (Fsp3) is 0.375. The Bertz CT molecular complexity index is 1150. The van der Waals surface area contributed by atoms with Gasteiger partial charge in [0.1, 0.15) is 0 Å². The van der Waals surface area contributed by atoms with Crippen LogP contribution in [0.25, 0.3) is 0 Å². The number of para-hydroxylation sites is 1. The van der Waals surface area contributed by atoms with Crippen molar-refractivity contribution in [1.82, 2.24) is 5.32 Å². The standard InChI is InChI=1S/C24H23N3O5/c28-21-24(13-15-6-3-4-7-17(15)26-11-5-1-2-8-20(24)26)22(29)27(23(30)25-21)16-9-10-18-19(12-16)32-14-31-18/h3-4,6-7,9-10,12,20H,1-2,5,8,11,13-14H2,(H,25,28,30)/t20-,24+/m1/s1. The summed E-state index contributed by atoms with van der Waals surface area (Å²) in [5, 5.41) is 2.50. The van der Waals surface area contributed by atoms with Gasteiger partial charge in [0.15, 0.2) is 16.9 Å². The lowest BCUT2D eigenvalue weighted by molar-refractivity contribution is -0.144. The van der Waals surface area contributed by atoms with E-state index in [1.807, 2.05) is 18.2 Å². The highest BCUT2D eigenvalue weighted by atomic mass is 16.7. The van der Waals surface area contributed by atoms with Gasteiger partial charge in [-0.3, -0.25) is 14.9 Å². The average Bonchev–Trinajstić information content (AvgIpc) is 3.12. The molecule has 4 heterocycles. The van der Waals surface area contributed by atoms with E-state index < -0.39 is 23.3 Å². The Morgan fingerprint density at radius 3 is 2.72 bits per heavy atom. The van der Waals surface area contributed by atoms with Gasteiger partial charge in [-0.05, 0) is 43.0 Å². The van der Waals surface area contributed by atoms with Gasteiger partial charge in [-0.1, -0.05) is 31.0 Å². The number of urea groups is 1. The van der Waals surface area contributed by atoms with E-state index in [1.54, 1.807) is 18.2 Å². The number of hydrogen-bond acceptors (Lipinski definition) is 6. The largest absolute Gasteiger partial charge is 0.454 e. The highest BCUT2D eigenvalue weighted by Crippen LogP contribution is 2.48. The van der Waals surface area contributed by atoms with Crippen LogP contribution >= 0.6 is 0 Å². The van der Waals surface area contributed by atoms with Gasteiger partial charge >= 0.3 is 6.03 Å². The molecule has 2 aromatic rings. The molecule has 4 aliphatic heterocycles. The van der Waals surface area contributed by atoms with Crippen molar-refractivity contribution in [1.29, 1.82) is 0 Å². The molecule has 0 unspecified atom stereocenters. The number of benzene rings is 2. The Balaban J connectivity index is 1.49. The summed E-state index contributed by atoms with van der Waals surface area (Å²) in [6.07, 6.45) is 3.97. The number of nitrogens with zero attached hydrogens (tertiary/aromatic N) is 2. The molecule has 2 saturated heterocycles. The summed E-state index contributed by atoms with van der Waals surface area (Å²) in [6.45, 7) is 0.872. The number of imide groups is 2. The van der Waals surface area contributed by atoms with Crippen LogP contribution in [0.5, 0.6) is 11.5 Å². The number of nitrogens with one attached hydrogen (secondary N) is 1. The quantitative estimate of drug-likeness (QED) is 0.696. The monoisotopic (exact) mass is 433 g/mol. The van der Waals surface area contributed by atoms with Crippen molar-refractivity contribution in [2.45, 2.75) is 38.1 Å². The van der Waals surface area contributed by atoms with E-state index >= 15 is 0 Å². The molecule has 4 amide bonds. The molecule has 1 N–H and O–H groups in total. The number of ether oxygens (including phenoxy) is 2. The maximum atomic E-state index is 14.1. The summed E-state index contributed by atoms with van der Waals surface area (Å²) in [7, 11) is 0. The molecule has 8 nitrogen and oxygen atoms in total. The van der Waals surface area contributed by atoms with Crippen LogP contribution in [0.15, 0.2) is 42.5 Å². The first-order chi connectivity index (χ1) is 15.6. The Morgan fingerprint density at radius 1 is 0.969 bits per heavy atom. The van der Waals surface area contributed by atoms with Crippen molar-refractivity contribution in [2.75, 3.05) is 23.1 Å². The molecule has 2 fully saturated rings. The van der Waals surface area contributed by atoms with Crippen LogP contribution < -0.4 is 24.6 Å². The molecular weight excluding hydrogens is 410 g/mol. The Labute approximate surface area is 185 Å². The van der Waals surface area contributed by atoms with Gasteiger partial charge in [0.25, 0.3) is 5.91 Å². The number of barbiturate groups is 1. The fourth-order valence-electron chi connectivity index (χ4n) is 5.63. The van der Waals surface area contributed by atoms with Gasteiger partial charge in [0, 0.05) is 18.3 Å². The summed E-state index contributed by atoms with van der Waals surface area (Å²) < 4.78 is 10.8. The summed E-state index contributed by atoms with van der Waals surface area (Å²) >= 11 is 0. The zero-order valence-corrected chi connectivity index (χ0v) is 17.5. The van der Waals surface area contributed by atoms with Crippen molar-refractivity contribution in [2.24, 2.45) is 5.41 Å². The third-order valence-corrected chi connectivity index (χ3v) is 7.12. The van der Waals surface area contributed by atoms with Crippen LogP contribution in [0.1, 0.15) is 31.2 Å². The average molecular weight is 433 g/mol. The number of anilines is 2. The van der Waals surface area contributed by atoms with Gasteiger partial charge in [-0.15, -0.1) is 0 Å². The minimum atomic E-state index is -1.37. The van der Waals surface area contributed by atoms with Crippen LogP contribution in [-0.4, -0.2) is 37.2 Å². The molecule has 2 atom stereocenters. The normalized spacial score (nSPS) is 26.5. The third kappa shape index (κ3) is 2.58. The molecule has 32 heavy (non-hydrogen) atoms. The van der Waals surface area contributed by atoms with Crippen LogP contribution in [-0.2, 0) is 16.0 Å². The Hall–Kier alpha value is -3.55. The van der Waals surface area contributed by atoms with Gasteiger partial charge in [-0.2, -0.15) is 0 Å². The molecule has 0 aromatic heterocycles. The first-order valence-corrected chi connectivity index (χ1v) is 11.0. The maximum absolute atomic E-state index is 14.1. The van der Waals surface area contributed by atoms with Gasteiger partial charge in [-0.25, -0.2) is 9.69 Å². The Morgan fingerprint density at radius 2 is 1.81 bits per heavy atom. The molecular formula is C24H23N3O5. The smallest absolute Gasteiger partial charge is 0.335 e. The van der Waals surface area contributed by atoms with Crippen molar-refractivity contribution in [3.8, 4) is 11.5 Å². The van der Waals surface area contributed by atoms with Crippen LogP contribution in [0.3, 0.4) is 0 Å². The molecule has 0 saturated carbocycles. The van der Waals surface area contributed by atoms with E-state index in [1.165, 1.54) is 0 Å². The number of amides is 4. The molecule has 4 aliphatic rings. The number of carbonyl (C=O) groups is 3. The number of hydrogen-bond donors (Lipinski definition) is 1. The van der Waals surface area contributed by atoms with Crippen molar-refractivity contribution in [3.63, 3.8) is 0 Å². The second-order valence-corrected chi connectivity index (χ2v) is 8.77. The molecule has 164 valence electrons. The highest BCUT2D eigenvalue weighted by Gasteiger charge is 2.62. The maximum Gasteiger partial charge on any atom is 0.335 e. The van der Waals surface area contributed by atoms with E-state index in [0.29, 0.717) is 17.2 Å². The lowest BCUT2D eigenvalue weighted by Gasteiger charge is -2.51. The van der Waals surface area contributed by atoms with E-state index in [-0.39, 0.29) is 19.3 Å². The van der Waals surface area contributed by atoms with Gasteiger partial charge < -0.3 is 14.4 Å². The molecule has 0 radical (unpaired) electrons. The van der Waals surface area contributed by atoms with Crippen LogP contribution in [0.4, 0.5) is 16.2 Å². The zero-order chi connectivity index (χ0) is 21.9. The van der Waals surface area contributed by atoms with Crippen molar-refractivity contribution >= 4 is 29.2 Å². The molecule has 2 aromatic carbocycles. The predicted octanol–water partition coefficient (Wildman–Crippen LogP) is 2.99. The summed E-state index contributed by atoms with van der Waals surface area (Å²) in [6, 6.07) is 11.9. The summed E-state index contributed by atoms with van der Waals surface area (Å²) in [5.74, 6) is 0.0532. The predicted molar refractivity (Wildman–Crippen MR) is 116 cm³/mol. The van der Waals surface area contributed by atoms with Crippen LogP contribution in [0, 0.1) is 5.41 Å². The van der Waals surface area contributed by atoms with E-state index in [9.17, 15) is 14.4 Å². The minimum absolute atomic E-state index is 0.0924. The zero-order valence-electron chi connectivity index (χ0n) is 17.5. The van der Waals surface area contributed by atoms with E-state index in [4.69, 9.17) is 9.47 Å². The topological polar surface area (TPSA) is 88.2 Å². The molecule has 8 heteroatoms. The number of carbonyl (C=O) groups excluding carboxylic acids is 3. The Kier molecular flexibility index (Phi) is 4.18. The van der Waals surface area contributed by atoms with Crippen molar-refractivity contribution in [3.05, 3.63) is 48.0 Å². The molecule has 0 bridgehead atoms. The molecule has 0 aliphatic carbocycles. The van der Waals surface area contributed by atoms with Gasteiger partial charge in [0.2, 0.25) is 12.7 Å². The minimum Gasteiger partial charge on any atom is -0.454 e. The lowest BCUT2D eigenvalue weighted by atomic mass is 9.67. The first kappa shape index (κ1) is 19.2. The van der Waals surface area contributed by atoms with E-state index in [2.05, 4.69) is 16.3 Å².